The van der Waals surface area contributed by atoms with Crippen molar-refractivity contribution in [2.24, 2.45) is 0 Å². The van der Waals surface area contributed by atoms with Gasteiger partial charge in [0.05, 0.1) is 11.4 Å². The fourth-order valence-electron chi connectivity index (χ4n) is 3.67. The van der Waals surface area contributed by atoms with Crippen LogP contribution in [0.25, 0.3) is 10.9 Å². The van der Waals surface area contributed by atoms with Crippen molar-refractivity contribution in [1.82, 2.24) is 15.3 Å². The number of nitrogens with zero attached hydrogens (tertiary/aromatic N) is 1. The summed E-state index contributed by atoms with van der Waals surface area (Å²) in [6.07, 6.45) is 5.41. The van der Waals surface area contributed by atoms with Crippen molar-refractivity contribution < 1.29 is 9.53 Å². The summed E-state index contributed by atoms with van der Waals surface area (Å²) in [6, 6.07) is 19.6. The van der Waals surface area contributed by atoms with Crippen molar-refractivity contribution in [3.63, 3.8) is 0 Å². The standard InChI is InChI=1S/C24H21N3O2S/c28-23(22-15-30-24(27-22)17-7-4-10-25-12-17)20-13-26-21-11-18(8-9-19(20)21)29-14-16-5-2-1-3-6-16/h1-13,22,24,26-27H,14-15H2/t22-,24?/m0/s1. The first kappa shape index (κ1) is 18.9. The van der Waals surface area contributed by atoms with E-state index in [0.717, 1.165) is 33.5 Å². The molecular formula is C24H21N3O2S. The Morgan fingerprint density at radius 3 is 2.87 bits per heavy atom. The topological polar surface area (TPSA) is 67.0 Å². The first-order valence-electron chi connectivity index (χ1n) is 9.87. The van der Waals surface area contributed by atoms with E-state index in [4.69, 9.17) is 4.74 Å². The molecule has 5 rings (SSSR count). The van der Waals surface area contributed by atoms with Crippen LogP contribution in [0.4, 0.5) is 0 Å². The monoisotopic (exact) mass is 415 g/mol. The molecule has 5 nitrogen and oxygen atoms in total. The number of carbonyl (C=O) groups is 1. The number of hydrogen-bond donors (Lipinski definition) is 2. The van der Waals surface area contributed by atoms with Gasteiger partial charge in [-0.1, -0.05) is 36.4 Å². The lowest BCUT2D eigenvalue weighted by Gasteiger charge is -2.12. The number of ether oxygens (including phenoxy) is 1. The molecule has 0 aliphatic carbocycles. The highest BCUT2D eigenvalue weighted by Crippen LogP contribution is 2.34. The van der Waals surface area contributed by atoms with Crippen LogP contribution in [-0.2, 0) is 6.61 Å². The maximum atomic E-state index is 13.2. The molecule has 30 heavy (non-hydrogen) atoms. The van der Waals surface area contributed by atoms with Crippen LogP contribution in [-0.4, -0.2) is 27.5 Å². The van der Waals surface area contributed by atoms with Crippen LogP contribution in [0.1, 0.15) is 26.9 Å². The van der Waals surface area contributed by atoms with Crippen molar-refractivity contribution in [3.05, 3.63) is 95.9 Å². The number of aromatic amines is 1. The van der Waals surface area contributed by atoms with E-state index in [-0.39, 0.29) is 17.2 Å². The number of thioether (sulfide) groups is 1. The molecule has 1 fully saturated rings. The van der Waals surface area contributed by atoms with Crippen molar-refractivity contribution in [3.8, 4) is 5.75 Å². The van der Waals surface area contributed by atoms with Crippen LogP contribution in [0.15, 0.2) is 79.3 Å². The first-order valence-corrected chi connectivity index (χ1v) is 10.9. The molecular weight excluding hydrogens is 394 g/mol. The van der Waals surface area contributed by atoms with Crippen molar-refractivity contribution in [2.45, 2.75) is 18.0 Å². The molecule has 2 N–H and O–H groups in total. The summed E-state index contributed by atoms with van der Waals surface area (Å²) >= 11 is 1.74. The van der Waals surface area contributed by atoms with Gasteiger partial charge in [0.25, 0.3) is 0 Å². The maximum absolute atomic E-state index is 13.2. The highest BCUT2D eigenvalue weighted by Gasteiger charge is 2.32. The lowest BCUT2D eigenvalue weighted by Crippen LogP contribution is -2.34. The molecule has 2 aromatic heterocycles. The molecule has 1 saturated heterocycles. The molecule has 1 aliphatic heterocycles. The van der Waals surface area contributed by atoms with E-state index in [1.54, 1.807) is 24.2 Å². The third-order valence-corrected chi connectivity index (χ3v) is 6.52. The maximum Gasteiger partial charge on any atom is 0.182 e. The third-order valence-electron chi connectivity index (χ3n) is 5.25. The Hall–Kier alpha value is -3.09. The zero-order chi connectivity index (χ0) is 20.3. The molecule has 4 aromatic rings. The number of benzene rings is 2. The Bertz CT molecular complexity index is 1160. The second-order valence-corrected chi connectivity index (χ2v) is 8.41. The van der Waals surface area contributed by atoms with Crippen LogP contribution in [0.3, 0.4) is 0 Å². The second kappa shape index (κ2) is 8.34. The molecule has 0 amide bonds. The summed E-state index contributed by atoms with van der Waals surface area (Å²) in [7, 11) is 0. The summed E-state index contributed by atoms with van der Waals surface area (Å²) in [6.45, 7) is 0.512. The average molecular weight is 416 g/mol. The van der Waals surface area contributed by atoms with Crippen LogP contribution in [0, 0.1) is 0 Å². The van der Waals surface area contributed by atoms with Gasteiger partial charge in [0.1, 0.15) is 12.4 Å². The fraction of sp³-hybridized carbons (Fsp3) is 0.167. The smallest absolute Gasteiger partial charge is 0.182 e. The molecule has 2 atom stereocenters. The summed E-state index contributed by atoms with van der Waals surface area (Å²) in [4.78, 5) is 20.6. The minimum atomic E-state index is -0.215. The molecule has 6 heteroatoms. The highest BCUT2D eigenvalue weighted by molar-refractivity contribution is 7.99. The molecule has 150 valence electrons. The number of rotatable bonds is 6. The van der Waals surface area contributed by atoms with Crippen LogP contribution < -0.4 is 10.1 Å². The lowest BCUT2D eigenvalue weighted by molar-refractivity contribution is 0.0957. The van der Waals surface area contributed by atoms with Gasteiger partial charge in [-0.3, -0.25) is 15.1 Å². The summed E-state index contributed by atoms with van der Waals surface area (Å²) in [5.41, 5.74) is 3.83. The number of pyridine rings is 1. The van der Waals surface area contributed by atoms with E-state index in [9.17, 15) is 4.79 Å². The Balaban J connectivity index is 1.29. The zero-order valence-electron chi connectivity index (χ0n) is 16.2. The van der Waals surface area contributed by atoms with Crippen molar-refractivity contribution in [1.29, 1.82) is 0 Å². The predicted molar refractivity (Wildman–Crippen MR) is 120 cm³/mol. The molecule has 1 unspecified atom stereocenters. The number of hydrogen-bond acceptors (Lipinski definition) is 5. The largest absolute Gasteiger partial charge is 0.489 e. The Morgan fingerprint density at radius 2 is 2.03 bits per heavy atom. The number of ketones is 1. The van der Waals surface area contributed by atoms with E-state index in [0.29, 0.717) is 12.2 Å². The molecule has 0 spiro atoms. The zero-order valence-corrected chi connectivity index (χ0v) is 17.1. The second-order valence-electron chi connectivity index (χ2n) is 7.27. The van der Waals surface area contributed by atoms with E-state index < -0.39 is 0 Å². The van der Waals surface area contributed by atoms with Gasteiger partial charge >= 0.3 is 0 Å². The van der Waals surface area contributed by atoms with Crippen LogP contribution in [0.2, 0.25) is 0 Å². The fourth-order valence-corrected chi connectivity index (χ4v) is 4.90. The number of Topliss-reactive ketones (excluding diaryl/α,β-unsaturated/α-hetero) is 1. The van der Waals surface area contributed by atoms with Gasteiger partial charge in [0.15, 0.2) is 5.78 Å². The van der Waals surface area contributed by atoms with Gasteiger partial charge in [-0.2, -0.15) is 0 Å². The molecule has 3 heterocycles. The third kappa shape index (κ3) is 3.84. The highest BCUT2D eigenvalue weighted by atomic mass is 32.2. The van der Waals surface area contributed by atoms with Gasteiger partial charge < -0.3 is 9.72 Å². The number of fused-ring (bicyclic) bond motifs is 1. The number of nitrogens with one attached hydrogen (secondary N) is 2. The van der Waals surface area contributed by atoms with Crippen molar-refractivity contribution >= 4 is 28.4 Å². The van der Waals surface area contributed by atoms with Gasteiger partial charge in [-0.15, -0.1) is 11.8 Å². The number of carbonyl (C=O) groups excluding carboxylic acids is 1. The first-order chi connectivity index (χ1) is 14.8. The Kier molecular flexibility index (Phi) is 5.26. The van der Waals surface area contributed by atoms with Gasteiger partial charge in [-0.25, -0.2) is 0 Å². The minimum absolute atomic E-state index is 0.0934. The summed E-state index contributed by atoms with van der Waals surface area (Å²) < 4.78 is 5.91. The van der Waals surface area contributed by atoms with E-state index >= 15 is 0 Å². The molecule has 0 bridgehead atoms. The summed E-state index contributed by atoms with van der Waals surface area (Å²) in [5, 5.41) is 4.46. The van der Waals surface area contributed by atoms with Crippen molar-refractivity contribution in [2.75, 3.05) is 5.75 Å². The lowest BCUT2D eigenvalue weighted by atomic mass is 10.0. The number of H-pyrrole nitrogens is 1. The Labute approximate surface area is 178 Å². The molecule has 0 saturated carbocycles. The molecule has 1 aliphatic rings. The molecule has 2 aromatic carbocycles. The normalized spacial score (nSPS) is 18.5. The molecule has 0 radical (unpaired) electrons. The van der Waals surface area contributed by atoms with Crippen LogP contribution >= 0.6 is 11.8 Å². The Morgan fingerprint density at radius 1 is 1.13 bits per heavy atom. The van der Waals surface area contributed by atoms with Gasteiger partial charge in [-0.05, 0) is 29.3 Å². The van der Waals surface area contributed by atoms with Gasteiger partial charge in [0.2, 0.25) is 0 Å². The van der Waals surface area contributed by atoms with E-state index in [1.165, 1.54) is 0 Å². The number of aromatic nitrogens is 2. The average Bonchev–Trinajstić information content (AvgIpc) is 3.46. The SMILES string of the molecule is O=C(c1c[nH]c2cc(OCc3ccccc3)ccc12)[C@@H]1CSC(c2cccnc2)N1. The quantitative estimate of drug-likeness (QED) is 0.446. The minimum Gasteiger partial charge on any atom is -0.489 e. The van der Waals surface area contributed by atoms with Crippen LogP contribution in [0.5, 0.6) is 5.75 Å². The predicted octanol–water partition coefficient (Wildman–Crippen LogP) is 4.73. The van der Waals surface area contributed by atoms with Gasteiger partial charge in [0, 0.05) is 46.9 Å². The summed E-state index contributed by atoms with van der Waals surface area (Å²) in [5.74, 6) is 1.63. The van der Waals surface area contributed by atoms with E-state index in [2.05, 4.69) is 15.3 Å². The van der Waals surface area contributed by atoms with E-state index in [1.807, 2.05) is 66.9 Å².